The highest BCUT2D eigenvalue weighted by Gasteiger charge is 2.17. The second kappa shape index (κ2) is 54.2. The summed E-state index contributed by atoms with van der Waals surface area (Å²) in [7, 11) is 0. The van der Waals surface area contributed by atoms with Gasteiger partial charge in [0, 0.05) is 19.4 Å². The van der Waals surface area contributed by atoms with Gasteiger partial charge in [0.2, 0.25) is 0 Å². The van der Waals surface area contributed by atoms with E-state index in [0.29, 0.717) is 19.4 Å². The minimum absolute atomic E-state index is 0.0489. The fraction of sp³-hybridized carbons (Fsp3) is 0.695. The van der Waals surface area contributed by atoms with Crippen LogP contribution in [0.1, 0.15) is 239 Å². The third-order valence-electron chi connectivity index (χ3n) is 11.1. The molecule has 0 saturated heterocycles. The molecule has 0 N–H and O–H groups in total. The van der Waals surface area contributed by atoms with E-state index in [0.717, 1.165) is 103 Å². The average Bonchev–Trinajstić information content (AvgIpc) is 3.30. The van der Waals surface area contributed by atoms with Gasteiger partial charge in [-0.15, -0.1) is 0 Å². The van der Waals surface area contributed by atoms with Crippen LogP contribution in [0, 0.1) is 0 Å². The lowest BCUT2D eigenvalue weighted by atomic mass is 10.1. The van der Waals surface area contributed by atoms with Crippen molar-refractivity contribution >= 4 is 11.9 Å². The molecule has 0 aromatic rings. The molecule has 0 amide bonds. The Morgan fingerprint density at radius 1 is 0.359 bits per heavy atom. The SMILES string of the molecule is CC/C=C\C/C=C\C/C=C\C/C=C\CCCOCC(COC(=O)CCCCCCCC/C=C\C/C=C\C/C=C\CCCCC)OC(=O)CCCCCCC/C=C\CCCCCCCC. The summed E-state index contributed by atoms with van der Waals surface area (Å²) in [6.45, 7) is 7.52. The first-order valence-corrected chi connectivity index (χ1v) is 26.8. The lowest BCUT2D eigenvalue weighted by molar-refractivity contribution is -0.163. The normalized spacial score (nSPS) is 13.0. The molecule has 0 fully saturated rings. The summed E-state index contributed by atoms with van der Waals surface area (Å²) < 4.78 is 17.3. The first-order chi connectivity index (χ1) is 31.6. The summed E-state index contributed by atoms with van der Waals surface area (Å²) in [5.74, 6) is -0.453. The molecule has 1 atom stereocenters. The van der Waals surface area contributed by atoms with E-state index in [1.807, 2.05) is 0 Å². The molecule has 0 spiro atoms. The summed E-state index contributed by atoms with van der Waals surface area (Å²) >= 11 is 0. The molecule has 0 radical (unpaired) electrons. The summed E-state index contributed by atoms with van der Waals surface area (Å²) in [5.41, 5.74) is 0. The Hall–Kier alpha value is -3.18. The van der Waals surface area contributed by atoms with Crippen molar-refractivity contribution in [3.8, 4) is 0 Å². The first kappa shape index (κ1) is 60.8. The van der Waals surface area contributed by atoms with Crippen LogP contribution in [0.15, 0.2) is 97.2 Å². The molecular weight excluding hydrogens is 789 g/mol. The number of hydrogen-bond donors (Lipinski definition) is 0. The number of esters is 2. The zero-order valence-corrected chi connectivity index (χ0v) is 42.0. The molecule has 0 aliphatic rings. The number of allylic oxidation sites excluding steroid dienone is 16. The number of ether oxygens (including phenoxy) is 3. The molecule has 1 unspecified atom stereocenters. The summed E-state index contributed by atoms with van der Waals surface area (Å²) in [6, 6.07) is 0. The van der Waals surface area contributed by atoms with Crippen molar-refractivity contribution in [2.45, 2.75) is 245 Å². The lowest BCUT2D eigenvalue weighted by Gasteiger charge is -2.18. The van der Waals surface area contributed by atoms with Crippen molar-refractivity contribution in [3.05, 3.63) is 97.2 Å². The largest absolute Gasteiger partial charge is 0.462 e. The van der Waals surface area contributed by atoms with E-state index < -0.39 is 6.10 Å². The summed E-state index contributed by atoms with van der Waals surface area (Å²) in [6.07, 6.45) is 72.8. The van der Waals surface area contributed by atoms with E-state index in [9.17, 15) is 9.59 Å². The van der Waals surface area contributed by atoms with Crippen LogP contribution in [0.5, 0.6) is 0 Å². The van der Waals surface area contributed by atoms with Crippen LogP contribution < -0.4 is 0 Å². The Morgan fingerprint density at radius 3 is 1.17 bits per heavy atom. The van der Waals surface area contributed by atoms with Crippen molar-refractivity contribution in [1.29, 1.82) is 0 Å². The maximum absolute atomic E-state index is 12.8. The van der Waals surface area contributed by atoms with E-state index in [4.69, 9.17) is 14.2 Å². The highest BCUT2D eigenvalue weighted by Crippen LogP contribution is 2.13. The molecule has 0 aliphatic heterocycles. The highest BCUT2D eigenvalue weighted by molar-refractivity contribution is 5.70. The van der Waals surface area contributed by atoms with Gasteiger partial charge >= 0.3 is 11.9 Å². The minimum Gasteiger partial charge on any atom is -0.462 e. The molecule has 5 heteroatoms. The third kappa shape index (κ3) is 51.5. The van der Waals surface area contributed by atoms with Gasteiger partial charge in [-0.25, -0.2) is 0 Å². The molecule has 0 aromatic carbocycles. The van der Waals surface area contributed by atoms with Crippen LogP contribution in [0.2, 0.25) is 0 Å². The van der Waals surface area contributed by atoms with Crippen LogP contribution >= 0.6 is 0 Å². The van der Waals surface area contributed by atoms with Crippen molar-refractivity contribution in [1.82, 2.24) is 0 Å². The number of hydrogen-bond acceptors (Lipinski definition) is 5. The highest BCUT2D eigenvalue weighted by atomic mass is 16.6. The molecule has 0 heterocycles. The molecule has 0 bridgehead atoms. The zero-order valence-electron chi connectivity index (χ0n) is 42.0. The van der Waals surface area contributed by atoms with Gasteiger partial charge in [-0.1, -0.05) is 208 Å². The van der Waals surface area contributed by atoms with E-state index >= 15 is 0 Å². The molecule has 64 heavy (non-hydrogen) atoms. The van der Waals surface area contributed by atoms with Crippen LogP contribution in [0.25, 0.3) is 0 Å². The second-order valence-corrected chi connectivity index (χ2v) is 17.4. The quantitative estimate of drug-likeness (QED) is 0.0346. The number of carbonyl (C=O) groups is 2. The standard InChI is InChI=1S/C59H100O5/c1-4-7-10-13-16-19-22-25-28-29-30-31-33-34-37-40-43-46-49-52-58(60)63-56-57(55-62-54-51-48-45-42-39-36-27-24-21-18-15-12-9-6-3)64-59(61)53-50-47-44-41-38-35-32-26-23-20-17-14-11-8-5-2/h9,12,16,18-19,21,25-28,30-32,36,42,45,57H,4-8,10-11,13-15,17,20,22-24,29,33-35,37-41,43-44,46-56H2,1-3H3/b12-9-,19-16-,21-18-,28-25-,31-30-,32-26-,36-27-,45-42-. The van der Waals surface area contributed by atoms with Gasteiger partial charge in [0.15, 0.2) is 6.10 Å². The van der Waals surface area contributed by atoms with Gasteiger partial charge in [0.25, 0.3) is 0 Å². The van der Waals surface area contributed by atoms with Gasteiger partial charge in [-0.3, -0.25) is 9.59 Å². The molecule has 5 nitrogen and oxygen atoms in total. The summed E-state index contributed by atoms with van der Waals surface area (Å²) in [4.78, 5) is 25.4. The van der Waals surface area contributed by atoms with Crippen LogP contribution in [0.3, 0.4) is 0 Å². The van der Waals surface area contributed by atoms with E-state index in [2.05, 4.69) is 118 Å². The van der Waals surface area contributed by atoms with Gasteiger partial charge in [-0.05, 0) is 116 Å². The van der Waals surface area contributed by atoms with Crippen molar-refractivity contribution < 1.29 is 23.8 Å². The van der Waals surface area contributed by atoms with Gasteiger partial charge in [0.05, 0.1) is 6.61 Å². The Labute approximate surface area is 396 Å². The maximum Gasteiger partial charge on any atom is 0.306 e. The van der Waals surface area contributed by atoms with E-state index in [1.165, 1.54) is 103 Å². The Balaban J connectivity index is 4.37. The van der Waals surface area contributed by atoms with Crippen LogP contribution in [0.4, 0.5) is 0 Å². The van der Waals surface area contributed by atoms with Crippen LogP contribution in [-0.4, -0.2) is 37.9 Å². The number of rotatable bonds is 48. The molecule has 0 rings (SSSR count). The van der Waals surface area contributed by atoms with Gasteiger partial charge < -0.3 is 14.2 Å². The predicted molar refractivity (Wildman–Crippen MR) is 279 cm³/mol. The topological polar surface area (TPSA) is 61.8 Å². The van der Waals surface area contributed by atoms with Crippen molar-refractivity contribution in [2.24, 2.45) is 0 Å². The summed E-state index contributed by atoms with van der Waals surface area (Å²) in [5, 5.41) is 0. The Morgan fingerprint density at radius 2 is 0.703 bits per heavy atom. The Kier molecular flexibility index (Phi) is 51.5. The first-order valence-electron chi connectivity index (χ1n) is 26.8. The fourth-order valence-corrected chi connectivity index (χ4v) is 7.10. The second-order valence-electron chi connectivity index (χ2n) is 17.4. The predicted octanol–water partition coefficient (Wildman–Crippen LogP) is 18.2. The number of carbonyl (C=O) groups excluding carboxylic acids is 2. The minimum atomic E-state index is -0.579. The molecular formula is C59H100O5. The lowest BCUT2D eigenvalue weighted by Crippen LogP contribution is -2.30. The van der Waals surface area contributed by atoms with Gasteiger partial charge in [0.1, 0.15) is 6.61 Å². The zero-order chi connectivity index (χ0) is 46.3. The van der Waals surface area contributed by atoms with E-state index in [1.54, 1.807) is 0 Å². The monoisotopic (exact) mass is 889 g/mol. The average molecular weight is 889 g/mol. The molecule has 0 aliphatic carbocycles. The molecule has 0 aromatic heterocycles. The third-order valence-corrected chi connectivity index (χ3v) is 11.1. The molecule has 0 saturated carbocycles. The maximum atomic E-state index is 12.8. The smallest absolute Gasteiger partial charge is 0.306 e. The fourth-order valence-electron chi connectivity index (χ4n) is 7.10. The van der Waals surface area contributed by atoms with E-state index in [-0.39, 0.29) is 25.2 Å². The number of unbranched alkanes of at least 4 members (excludes halogenated alkanes) is 21. The van der Waals surface area contributed by atoms with Crippen LogP contribution in [-0.2, 0) is 23.8 Å². The Bertz CT molecular complexity index is 1230. The van der Waals surface area contributed by atoms with Crippen molar-refractivity contribution in [3.63, 3.8) is 0 Å². The van der Waals surface area contributed by atoms with Crippen molar-refractivity contribution in [2.75, 3.05) is 19.8 Å². The van der Waals surface area contributed by atoms with Gasteiger partial charge in [-0.2, -0.15) is 0 Å². The molecule has 366 valence electrons.